The molecule has 2 aromatic heterocycles. The van der Waals surface area contributed by atoms with E-state index in [-0.39, 0.29) is 0 Å². The van der Waals surface area contributed by atoms with Crippen LogP contribution in [0.5, 0.6) is 0 Å². The lowest BCUT2D eigenvalue weighted by Gasteiger charge is -2.29. The number of rotatable bonds is 6. The first-order chi connectivity index (χ1) is 25.3. The van der Waals surface area contributed by atoms with Gasteiger partial charge in [0, 0.05) is 53.3 Å². The number of para-hydroxylation sites is 5. The lowest BCUT2D eigenvalue weighted by Crippen LogP contribution is -2.11. The lowest BCUT2D eigenvalue weighted by atomic mass is 9.97. The Kier molecular flexibility index (Phi) is 7.04. The van der Waals surface area contributed by atoms with Gasteiger partial charge in [0.05, 0.1) is 28.1 Å². The van der Waals surface area contributed by atoms with E-state index in [0.29, 0.717) is 0 Å². The van der Waals surface area contributed by atoms with Gasteiger partial charge in [0.2, 0.25) is 0 Å². The molecular weight excluding hydrogens is 637 g/mol. The van der Waals surface area contributed by atoms with Crippen LogP contribution in [0, 0.1) is 0 Å². The molecule has 0 saturated carbocycles. The zero-order valence-corrected chi connectivity index (χ0v) is 28.6. The van der Waals surface area contributed by atoms with Gasteiger partial charge in [-0.2, -0.15) is 0 Å². The van der Waals surface area contributed by atoms with Crippen LogP contribution in [0.1, 0.15) is 0 Å². The third kappa shape index (κ3) is 4.78. The van der Waals surface area contributed by atoms with Gasteiger partial charge in [-0.05, 0) is 54.1 Å². The minimum Gasteiger partial charge on any atom is -0.309 e. The van der Waals surface area contributed by atoms with E-state index in [4.69, 9.17) is 0 Å². The van der Waals surface area contributed by atoms with E-state index in [0.717, 1.165) is 17.1 Å². The van der Waals surface area contributed by atoms with Crippen molar-refractivity contribution in [3.63, 3.8) is 0 Å². The van der Waals surface area contributed by atoms with Crippen molar-refractivity contribution in [2.75, 3.05) is 4.90 Å². The number of fused-ring (bicyclic) bond motifs is 6. The van der Waals surface area contributed by atoms with Crippen molar-refractivity contribution in [1.82, 2.24) is 4.57 Å². The van der Waals surface area contributed by atoms with Crippen molar-refractivity contribution >= 4 is 70.4 Å². The lowest BCUT2D eigenvalue weighted by molar-refractivity contribution is 1.18. The number of thiophene rings is 1. The maximum absolute atomic E-state index is 2.45. The Bertz CT molecular complexity index is 2810. The molecule has 0 unspecified atom stereocenters. The molecule has 0 saturated heterocycles. The standard InChI is InChI=1S/C48H32N2S/c1-3-17-33(18-4-1)35-21-7-12-26-41(35)49(34-19-5-2-6-20-34)45-32-31-39(48-47(45)40-25-11-16-30-46(40)51-48)38-24-10-15-29-44(38)50-42-27-13-8-22-36(42)37-23-9-14-28-43(37)50/h1-32H. The smallest absolute Gasteiger partial charge is 0.0555 e. The molecule has 2 heterocycles. The summed E-state index contributed by atoms with van der Waals surface area (Å²) in [6.07, 6.45) is 0. The van der Waals surface area contributed by atoms with Crippen molar-refractivity contribution in [3.05, 3.63) is 194 Å². The van der Waals surface area contributed by atoms with Crippen LogP contribution in [0.15, 0.2) is 194 Å². The molecule has 2 nitrogen and oxygen atoms in total. The molecule has 3 heteroatoms. The van der Waals surface area contributed by atoms with Crippen LogP contribution in [0.4, 0.5) is 17.1 Å². The zero-order chi connectivity index (χ0) is 33.7. The van der Waals surface area contributed by atoms with Crippen LogP contribution >= 0.6 is 11.3 Å². The van der Waals surface area contributed by atoms with Crippen LogP contribution in [-0.4, -0.2) is 4.57 Å². The molecule has 240 valence electrons. The van der Waals surface area contributed by atoms with Crippen LogP contribution < -0.4 is 4.90 Å². The third-order valence-electron chi connectivity index (χ3n) is 10.0. The van der Waals surface area contributed by atoms with Gasteiger partial charge in [0.1, 0.15) is 0 Å². The first kappa shape index (κ1) is 29.5. The number of hydrogen-bond acceptors (Lipinski definition) is 2. The summed E-state index contributed by atoms with van der Waals surface area (Å²) in [5, 5.41) is 5.06. The normalized spacial score (nSPS) is 11.5. The summed E-state index contributed by atoms with van der Waals surface area (Å²) in [5.41, 5.74) is 11.9. The topological polar surface area (TPSA) is 8.17 Å². The first-order valence-corrected chi connectivity index (χ1v) is 18.2. The van der Waals surface area contributed by atoms with Gasteiger partial charge in [-0.15, -0.1) is 11.3 Å². The molecule has 0 radical (unpaired) electrons. The zero-order valence-electron chi connectivity index (χ0n) is 27.8. The molecule has 0 atom stereocenters. The van der Waals surface area contributed by atoms with Gasteiger partial charge >= 0.3 is 0 Å². The summed E-state index contributed by atoms with van der Waals surface area (Å²) in [6, 6.07) is 70.3. The summed E-state index contributed by atoms with van der Waals surface area (Å²) in [7, 11) is 0. The van der Waals surface area contributed by atoms with E-state index in [2.05, 4.69) is 204 Å². The van der Waals surface area contributed by atoms with Gasteiger partial charge in [0.15, 0.2) is 0 Å². The molecule has 51 heavy (non-hydrogen) atoms. The van der Waals surface area contributed by atoms with E-state index in [1.807, 2.05) is 11.3 Å². The molecule has 0 bridgehead atoms. The second-order valence-electron chi connectivity index (χ2n) is 12.9. The van der Waals surface area contributed by atoms with Crippen molar-refractivity contribution < 1.29 is 0 Å². The van der Waals surface area contributed by atoms with Crippen molar-refractivity contribution in [3.8, 4) is 27.9 Å². The second kappa shape index (κ2) is 12.2. The maximum Gasteiger partial charge on any atom is 0.0555 e. The predicted molar refractivity (Wildman–Crippen MR) is 219 cm³/mol. The number of anilines is 3. The molecule has 0 aliphatic rings. The molecular formula is C48H32N2S. The van der Waals surface area contributed by atoms with Gasteiger partial charge in [-0.25, -0.2) is 0 Å². The highest BCUT2D eigenvalue weighted by molar-refractivity contribution is 7.26. The third-order valence-corrected chi connectivity index (χ3v) is 11.2. The minimum absolute atomic E-state index is 1.12. The number of hydrogen-bond donors (Lipinski definition) is 0. The van der Waals surface area contributed by atoms with Crippen LogP contribution in [-0.2, 0) is 0 Å². The molecule has 0 N–H and O–H groups in total. The van der Waals surface area contributed by atoms with Crippen LogP contribution in [0.3, 0.4) is 0 Å². The monoisotopic (exact) mass is 668 g/mol. The molecule has 8 aromatic carbocycles. The van der Waals surface area contributed by atoms with Crippen LogP contribution in [0.25, 0.3) is 69.9 Å². The summed E-state index contributed by atoms with van der Waals surface area (Å²) < 4.78 is 5.00. The van der Waals surface area contributed by atoms with E-state index in [1.165, 1.54) is 69.9 Å². The Morgan fingerprint density at radius 3 is 1.71 bits per heavy atom. The van der Waals surface area contributed by atoms with Gasteiger partial charge in [0.25, 0.3) is 0 Å². The molecule has 0 amide bonds. The highest BCUT2D eigenvalue weighted by Crippen LogP contribution is 2.50. The number of aromatic nitrogens is 1. The molecule has 0 aliphatic heterocycles. The van der Waals surface area contributed by atoms with Gasteiger partial charge in [-0.1, -0.05) is 146 Å². The quantitative estimate of drug-likeness (QED) is 0.171. The fourth-order valence-electron chi connectivity index (χ4n) is 7.80. The minimum atomic E-state index is 1.12. The fourth-order valence-corrected chi connectivity index (χ4v) is 9.05. The predicted octanol–water partition coefficient (Wildman–Crippen LogP) is 14.0. The van der Waals surface area contributed by atoms with Crippen LogP contribution in [0.2, 0.25) is 0 Å². The van der Waals surface area contributed by atoms with E-state index in [1.54, 1.807) is 0 Å². The van der Waals surface area contributed by atoms with E-state index in [9.17, 15) is 0 Å². The Morgan fingerprint density at radius 1 is 0.392 bits per heavy atom. The maximum atomic E-state index is 2.45. The molecule has 0 fully saturated rings. The first-order valence-electron chi connectivity index (χ1n) is 17.4. The van der Waals surface area contributed by atoms with Crippen molar-refractivity contribution in [2.24, 2.45) is 0 Å². The highest BCUT2D eigenvalue weighted by atomic mass is 32.1. The van der Waals surface area contributed by atoms with Gasteiger partial charge in [-0.3, -0.25) is 0 Å². The summed E-state index contributed by atoms with van der Waals surface area (Å²) in [4.78, 5) is 2.45. The Hall–Kier alpha value is -6.42. The molecule has 10 rings (SSSR count). The fraction of sp³-hybridized carbons (Fsp3) is 0. The average Bonchev–Trinajstić information content (AvgIpc) is 3.76. The summed E-state index contributed by atoms with van der Waals surface area (Å²) in [5.74, 6) is 0. The Labute approximate surface area is 300 Å². The van der Waals surface area contributed by atoms with E-state index >= 15 is 0 Å². The number of nitrogens with zero attached hydrogens (tertiary/aromatic N) is 2. The Morgan fingerprint density at radius 2 is 0.961 bits per heavy atom. The average molecular weight is 669 g/mol. The molecule has 0 aliphatic carbocycles. The molecule has 10 aromatic rings. The van der Waals surface area contributed by atoms with Crippen molar-refractivity contribution in [2.45, 2.75) is 0 Å². The SMILES string of the molecule is c1ccc(-c2ccccc2N(c2ccccc2)c2ccc(-c3ccccc3-n3c4ccccc4c4ccccc43)c3sc4ccccc4c23)cc1. The number of benzene rings is 8. The van der Waals surface area contributed by atoms with Gasteiger partial charge < -0.3 is 9.47 Å². The summed E-state index contributed by atoms with van der Waals surface area (Å²) in [6.45, 7) is 0. The summed E-state index contributed by atoms with van der Waals surface area (Å²) >= 11 is 1.88. The molecule has 0 spiro atoms. The Balaban J connectivity index is 1.27. The second-order valence-corrected chi connectivity index (χ2v) is 13.9. The van der Waals surface area contributed by atoms with Crippen molar-refractivity contribution in [1.29, 1.82) is 0 Å². The highest BCUT2D eigenvalue weighted by Gasteiger charge is 2.24. The van der Waals surface area contributed by atoms with E-state index < -0.39 is 0 Å². The largest absolute Gasteiger partial charge is 0.309 e.